The molecule has 6 nitrogen and oxygen atoms in total. The number of carboxylic acids is 1. The van der Waals surface area contributed by atoms with E-state index in [2.05, 4.69) is 33.9 Å². The molecular formula is C26H27N3O3. The van der Waals surface area contributed by atoms with Crippen LogP contribution in [0.15, 0.2) is 54.9 Å². The maximum atomic E-state index is 11.1. The predicted molar refractivity (Wildman–Crippen MR) is 123 cm³/mol. The zero-order chi connectivity index (χ0) is 22.1. The molecular weight excluding hydrogens is 402 g/mol. The maximum Gasteiger partial charge on any atom is 0.335 e. The summed E-state index contributed by atoms with van der Waals surface area (Å²) in [5.41, 5.74) is 4.81. The minimum absolute atomic E-state index is 0.208. The van der Waals surface area contributed by atoms with Gasteiger partial charge in [0.1, 0.15) is 11.9 Å². The third-order valence-electron chi connectivity index (χ3n) is 6.67. The van der Waals surface area contributed by atoms with Crippen molar-refractivity contribution in [2.24, 2.45) is 5.92 Å². The Bertz CT molecular complexity index is 1100. The fourth-order valence-corrected chi connectivity index (χ4v) is 4.69. The first-order valence-electron chi connectivity index (χ1n) is 11.3. The Kier molecular flexibility index (Phi) is 5.52. The Balaban J connectivity index is 1.22. The van der Waals surface area contributed by atoms with Gasteiger partial charge in [-0.15, -0.1) is 0 Å². The number of hydrogen-bond acceptors (Lipinski definition) is 5. The third-order valence-corrected chi connectivity index (χ3v) is 6.67. The second-order valence-corrected chi connectivity index (χ2v) is 8.63. The van der Waals surface area contributed by atoms with E-state index in [0.717, 1.165) is 67.2 Å². The molecule has 32 heavy (non-hydrogen) atoms. The van der Waals surface area contributed by atoms with Crippen molar-refractivity contribution in [2.75, 3.05) is 18.0 Å². The third kappa shape index (κ3) is 4.05. The highest BCUT2D eigenvalue weighted by Gasteiger charge is 2.33. The average Bonchev–Trinajstić information content (AvgIpc) is 3.28. The first kappa shape index (κ1) is 20.5. The summed E-state index contributed by atoms with van der Waals surface area (Å²) in [5.74, 6) is 1.42. The Morgan fingerprint density at radius 1 is 1.06 bits per heavy atom. The van der Waals surface area contributed by atoms with Crippen molar-refractivity contribution >= 4 is 11.9 Å². The molecule has 0 spiro atoms. The summed E-state index contributed by atoms with van der Waals surface area (Å²) in [6.07, 6.45) is 8.08. The number of carbonyl (C=O) groups is 1. The SMILES string of the molecule is CCc1cnc(N2CCC(C3Cc4cc(-c5ccc(C(=O)O)cc5)ccc4O3)CC2)nc1. The number of anilines is 1. The molecule has 5 rings (SSSR count). The van der Waals surface area contributed by atoms with Gasteiger partial charge in [-0.2, -0.15) is 0 Å². The normalized spacial score (nSPS) is 18.3. The number of aryl methyl sites for hydroxylation is 1. The first-order valence-corrected chi connectivity index (χ1v) is 11.3. The number of hydrogen-bond donors (Lipinski definition) is 1. The van der Waals surface area contributed by atoms with Gasteiger partial charge in [0.25, 0.3) is 0 Å². The fraction of sp³-hybridized carbons (Fsp3) is 0.346. The minimum Gasteiger partial charge on any atom is -0.490 e. The van der Waals surface area contributed by atoms with Crippen molar-refractivity contribution in [3.8, 4) is 16.9 Å². The molecule has 164 valence electrons. The summed E-state index contributed by atoms with van der Waals surface area (Å²) in [6.45, 7) is 4.02. The molecule has 0 saturated carbocycles. The van der Waals surface area contributed by atoms with Gasteiger partial charge in [-0.1, -0.05) is 25.1 Å². The number of aromatic nitrogens is 2. The highest BCUT2D eigenvalue weighted by atomic mass is 16.5. The number of rotatable bonds is 5. The Morgan fingerprint density at radius 3 is 2.41 bits per heavy atom. The summed E-state index contributed by atoms with van der Waals surface area (Å²) in [7, 11) is 0. The maximum absolute atomic E-state index is 11.1. The molecule has 1 N–H and O–H groups in total. The molecule has 0 amide bonds. The smallest absolute Gasteiger partial charge is 0.335 e. The monoisotopic (exact) mass is 429 g/mol. The van der Waals surface area contributed by atoms with E-state index in [-0.39, 0.29) is 6.10 Å². The summed E-state index contributed by atoms with van der Waals surface area (Å²) in [4.78, 5) is 22.4. The van der Waals surface area contributed by atoms with E-state index in [1.807, 2.05) is 30.6 Å². The van der Waals surface area contributed by atoms with Gasteiger partial charge in [0.05, 0.1) is 5.56 Å². The molecule has 3 aromatic rings. The van der Waals surface area contributed by atoms with Gasteiger partial charge in [-0.3, -0.25) is 0 Å². The molecule has 1 saturated heterocycles. The Morgan fingerprint density at radius 2 is 1.75 bits per heavy atom. The van der Waals surface area contributed by atoms with Crippen LogP contribution in [0.4, 0.5) is 5.95 Å². The number of piperidine rings is 1. The molecule has 2 aliphatic heterocycles. The lowest BCUT2D eigenvalue weighted by Gasteiger charge is -2.34. The van der Waals surface area contributed by atoms with Crippen LogP contribution in [-0.2, 0) is 12.8 Å². The highest BCUT2D eigenvalue weighted by Crippen LogP contribution is 2.37. The largest absolute Gasteiger partial charge is 0.490 e. The van der Waals surface area contributed by atoms with Crippen molar-refractivity contribution in [2.45, 2.75) is 38.7 Å². The van der Waals surface area contributed by atoms with E-state index >= 15 is 0 Å². The lowest BCUT2D eigenvalue weighted by molar-refractivity contribution is 0.0697. The zero-order valence-electron chi connectivity index (χ0n) is 18.2. The molecule has 0 aliphatic carbocycles. The van der Waals surface area contributed by atoms with Crippen molar-refractivity contribution in [1.29, 1.82) is 0 Å². The molecule has 2 aromatic carbocycles. The van der Waals surface area contributed by atoms with Crippen LogP contribution in [0.2, 0.25) is 0 Å². The molecule has 1 atom stereocenters. The van der Waals surface area contributed by atoms with Crippen LogP contribution in [0.1, 0.15) is 41.3 Å². The predicted octanol–water partition coefficient (Wildman–Crippen LogP) is 4.62. The average molecular weight is 430 g/mol. The van der Waals surface area contributed by atoms with Crippen LogP contribution >= 0.6 is 0 Å². The fourth-order valence-electron chi connectivity index (χ4n) is 4.69. The molecule has 3 heterocycles. The summed E-state index contributed by atoms with van der Waals surface area (Å²) in [5, 5.41) is 9.10. The van der Waals surface area contributed by atoms with E-state index < -0.39 is 5.97 Å². The number of carboxylic acid groups (broad SMARTS) is 1. The molecule has 1 unspecified atom stereocenters. The van der Waals surface area contributed by atoms with Gasteiger partial charge in [-0.25, -0.2) is 14.8 Å². The molecule has 0 radical (unpaired) electrons. The van der Waals surface area contributed by atoms with E-state index in [1.54, 1.807) is 12.1 Å². The minimum atomic E-state index is -0.905. The second-order valence-electron chi connectivity index (χ2n) is 8.63. The number of fused-ring (bicyclic) bond motifs is 1. The summed E-state index contributed by atoms with van der Waals surface area (Å²) < 4.78 is 6.33. The van der Waals surface area contributed by atoms with Crippen molar-refractivity contribution in [3.63, 3.8) is 0 Å². The van der Waals surface area contributed by atoms with Crippen molar-refractivity contribution in [1.82, 2.24) is 9.97 Å². The van der Waals surface area contributed by atoms with E-state index in [0.29, 0.717) is 11.5 Å². The van der Waals surface area contributed by atoms with E-state index in [1.165, 1.54) is 5.56 Å². The van der Waals surface area contributed by atoms with Crippen molar-refractivity contribution in [3.05, 3.63) is 71.5 Å². The molecule has 6 heteroatoms. The topological polar surface area (TPSA) is 75.6 Å². The Hall–Kier alpha value is -3.41. The number of nitrogens with zero attached hydrogens (tertiary/aromatic N) is 3. The van der Waals surface area contributed by atoms with Crippen LogP contribution in [0.5, 0.6) is 5.75 Å². The van der Waals surface area contributed by atoms with Crippen molar-refractivity contribution < 1.29 is 14.6 Å². The molecule has 0 bridgehead atoms. The van der Waals surface area contributed by atoms with Gasteiger partial charge in [0, 0.05) is 31.9 Å². The van der Waals surface area contributed by atoms with E-state index in [4.69, 9.17) is 9.84 Å². The van der Waals surface area contributed by atoms with Crippen LogP contribution in [0.3, 0.4) is 0 Å². The second kappa shape index (κ2) is 8.61. The van der Waals surface area contributed by atoms with Gasteiger partial charge in [0.15, 0.2) is 0 Å². The van der Waals surface area contributed by atoms with Crippen LogP contribution in [0, 0.1) is 5.92 Å². The van der Waals surface area contributed by atoms with Gasteiger partial charge in [0.2, 0.25) is 5.95 Å². The molecule has 1 aromatic heterocycles. The lowest BCUT2D eigenvalue weighted by Crippen LogP contribution is -2.40. The summed E-state index contributed by atoms with van der Waals surface area (Å²) >= 11 is 0. The number of aromatic carboxylic acids is 1. The highest BCUT2D eigenvalue weighted by molar-refractivity contribution is 5.88. The molecule has 2 aliphatic rings. The summed E-state index contributed by atoms with van der Waals surface area (Å²) in [6, 6.07) is 13.3. The van der Waals surface area contributed by atoms with Gasteiger partial charge >= 0.3 is 5.97 Å². The van der Waals surface area contributed by atoms with Crippen LogP contribution < -0.4 is 9.64 Å². The molecule has 1 fully saturated rings. The lowest BCUT2D eigenvalue weighted by atomic mass is 9.88. The standard InChI is InChI=1S/C26H27N3O3/c1-2-17-15-27-26(28-16-17)29-11-9-19(10-12-29)24-14-22-13-21(7-8-23(22)32-24)18-3-5-20(6-4-18)25(30)31/h3-8,13,15-16,19,24H,2,9-12,14H2,1H3,(H,30,31). The quantitative estimate of drug-likeness (QED) is 0.638. The Labute approximate surface area is 187 Å². The van der Waals surface area contributed by atoms with Crippen LogP contribution in [0.25, 0.3) is 11.1 Å². The zero-order valence-corrected chi connectivity index (χ0v) is 18.2. The number of ether oxygens (including phenoxy) is 1. The van der Waals surface area contributed by atoms with E-state index in [9.17, 15) is 4.79 Å². The van der Waals surface area contributed by atoms with Gasteiger partial charge < -0.3 is 14.7 Å². The van der Waals surface area contributed by atoms with Gasteiger partial charge in [-0.05, 0) is 71.7 Å². The number of benzene rings is 2. The van der Waals surface area contributed by atoms with Crippen LogP contribution in [-0.4, -0.2) is 40.2 Å². The first-order chi connectivity index (χ1) is 15.6.